The van der Waals surface area contributed by atoms with Crippen molar-refractivity contribution in [3.63, 3.8) is 0 Å². The largest absolute Gasteiger partial charge is 0.431 e. The van der Waals surface area contributed by atoms with Crippen molar-refractivity contribution in [2.24, 2.45) is 5.10 Å². The zero-order valence-electron chi connectivity index (χ0n) is 8.40. The van der Waals surface area contributed by atoms with Gasteiger partial charge < -0.3 is 5.73 Å². The van der Waals surface area contributed by atoms with Crippen LogP contribution in [0.15, 0.2) is 23.6 Å². The van der Waals surface area contributed by atoms with E-state index in [2.05, 4.69) is 10.1 Å². The minimum absolute atomic E-state index is 0.0908. The van der Waals surface area contributed by atoms with E-state index in [1.807, 2.05) is 0 Å². The Labute approximate surface area is 93.7 Å². The summed E-state index contributed by atoms with van der Waals surface area (Å²) >= 11 is 0. The Bertz CT molecular complexity index is 497. The molecule has 1 aromatic heterocycles. The number of hydrazone groups is 1. The van der Waals surface area contributed by atoms with Crippen LogP contribution in [0.25, 0.3) is 0 Å². The number of rotatable bonds is 1. The van der Waals surface area contributed by atoms with Crippen LogP contribution in [0.5, 0.6) is 0 Å². The van der Waals surface area contributed by atoms with Crippen LogP contribution in [-0.2, 0) is 4.79 Å². The molecule has 0 saturated heterocycles. The molecule has 0 fully saturated rings. The molecule has 1 aliphatic heterocycles. The molecule has 1 aromatic rings. The van der Waals surface area contributed by atoms with Gasteiger partial charge in [-0.25, -0.2) is 0 Å². The van der Waals surface area contributed by atoms with E-state index in [0.29, 0.717) is 5.01 Å². The topological polar surface area (TPSA) is 71.6 Å². The van der Waals surface area contributed by atoms with Crippen molar-refractivity contribution in [2.45, 2.75) is 12.6 Å². The lowest BCUT2D eigenvalue weighted by atomic mass is 10.2. The predicted molar refractivity (Wildman–Crippen MR) is 54.2 cm³/mol. The maximum absolute atomic E-state index is 12.4. The van der Waals surface area contributed by atoms with Crippen molar-refractivity contribution in [1.82, 2.24) is 4.98 Å². The van der Waals surface area contributed by atoms with Crippen LogP contribution in [0.2, 0.25) is 0 Å². The predicted octanol–water partition coefficient (Wildman–Crippen LogP) is 1.32. The number of carbonyl (C=O) groups excluding carboxylic acids is 1. The third-order valence-corrected chi connectivity index (χ3v) is 2.16. The second kappa shape index (κ2) is 3.72. The molecule has 1 aliphatic rings. The van der Waals surface area contributed by atoms with E-state index in [1.54, 1.807) is 0 Å². The van der Waals surface area contributed by atoms with Gasteiger partial charge in [-0.2, -0.15) is 23.3 Å². The van der Waals surface area contributed by atoms with Gasteiger partial charge in [-0.05, 0) is 6.07 Å². The van der Waals surface area contributed by atoms with Crippen molar-refractivity contribution in [3.05, 3.63) is 18.5 Å². The summed E-state index contributed by atoms with van der Waals surface area (Å²) in [6.45, 7) is 0. The third-order valence-electron chi connectivity index (χ3n) is 2.16. The molecule has 2 N–H and O–H groups in total. The SMILES string of the molecule is Nc1cnccc1N1N=C(C(F)(F)F)CC1=O. The Balaban J connectivity index is 2.38. The molecular formula is C9H7F3N4O. The van der Waals surface area contributed by atoms with E-state index in [4.69, 9.17) is 5.73 Å². The summed E-state index contributed by atoms with van der Waals surface area (Å²) in [6.07, 6.45) is -2.82. The second-order valence-electron chi connectivity index (χ2n) is 3.36. The van der Waals surface area contributed by atoms with Gasteiger partial charge in [-0.15, -0.1) is 0 Å². The fourth-order valence-electron chi connectivity index (χ4n) is 1.37. The molecule has 0 aliphatic carbocycles. The second-order valence-corrected chi connectivity index (χ2v) is 3.36. The highest BCUT2D eigenvalue weighted by molar-refractivity contribution is 6.15. The number of nitrogens with zero attached hydrogens (tertiary/aromatic N) is 3. The summed E-state index contributed by atoms with van der Waals surface area (Å²) in [7, 11) is 0. The highest BCUT2D eigenvalue weighted by atomic mass is 19.4. The molecule has 0 spiro atoms. The van der Waals surface area contributed by atoms with Crippen LogP contribution in [-0.4, -0.2) is 22.8 Å². The molecule has 1 amide bonds. The zero-order chi connectivity index (χ0) is 12.6. The smallest absolute Gasteiger partial charge is 0.396 e. The van der Waals surface area contributed by atoms with Gasteiger partial charge in [0, 0.05) is 6.20 Å². The number of aromatic nitrogens is 1. The lowest BCUT2D eigenvalue weighted by molar-refractivity contribution is -0.117. The Hall–Kier alpha value is -2.12. The van der Waals surface area contributed by atoms with E-state index in [1.165, 1.54) is 18.5 Å². The Morgan fingerprint density at radius 3 is 2.65 bits per heavy atom. The van der Waals surface area contributed by atoms with Crippen molar-refractivity contribution in [2.75, 3.05) is 10.7 Å². The molecule has 0 radical (unpaired) electrons. The van der Waals surface area contributed by atoms with E-state index in [9.17, 15) is 18.0 Å². The Kier molecular flexibility index (Phi) is 2.49. The molecule has 0 unspecified atom stereocenters. The van der Waals surface area contributed by atoms with Crippen LogP contribution in [0.1, 0.15) is 6.42 Å². The minimum Gasteiger partial charge on any atom is -0.396 e. The van der Waals surface area contributed by atoms with Crippen LogP contribution >= 0.6 is 0 Å². The van der Waals surface area contributed by atoms with E-state index in [0.717, 1.165) is 0 Å². The molecule has 17 heavy (non-hydrogen) atoms. The fourth-order valence-corrected chi connectivity index (χ4v) is 1.37. The number of amides is 1. The van der Waals surface area contributed by atoms with E-state index >= 15 is 0 Å². The van der Waals surface area contributed by atoms with Gasteiger partial charge in [0.2, 0.25) is 0 Å². The van der Waals surface area contributed by atoms with Gasteiger partial charge in [-0.3, -0.25) is 9.78 Å². The van der Waals surface area contributed by atoms with E-state index in [-0.39, 0.29) is 11.4 Å². The average molecular weight is 244 g/mol. The summed E-state index contributed by atoms with van der Waals surface area (Å²) < 4.78 is 37.1. The highest BCUT2D eigenvalue weighted by Crippen LogP contribution is 2.30. The standard InChI is InChI=1S/C9H7F3N4O/c10-9(11,12)7-3-8(17)16(15-7)6-1-2-14-4-5(6)13/h1-2,4H,3,13H2. The first-order valence-electron chi connectivity index (χ1n) is 4.56. The minimum atomic E-state index is -4.60. The number of nitrogens with two attached hydrogens (primary N) is 1. The molecule has 0 bridgehead atoms. The number of pyridine rings is 1. The first kappa shape index (κ1) is 11.4. The van der Waals surface area contributed by atoms with Crippen LogP contribution in [0.4, 0.5) is 24.5 Å². The number of alkyl halides is 3. The van der Waals surface area contributed by atoms with Crippen molar-refractivity contribution >= 4 is 23.0 Å². The molecule has 2 heterocycles. The van der Waals surface area contributed by atoms with Gasteiger partial charge in [-0.1, -0.05) is 0 Å². The summed E-state index contributed by atoms with van der Waals surface area (Å²) in [4.78, 5) is 15.1. The molecular weight excluding hydrogens is 237 g/mol. The number of hydrogen-bond donors (Lipinski definition) is 1. The molecule has 0 atom stereocenters. The van der Waals surface area contributed by atoms with Gasteiger partial charge in [0.05, 0.1) is 24.0 Å². The van der Waals surface area contributed by atoms with Crippen LogP contribution < -0.4 is 10.7 Å². The maximum atomic E-state index is 12.4. The lowest BCUT2D eigenvalue weighted by Crippen LogP contribution is -2.22. The first-order valence-corrected chi connectivity index (χ1v) is 4.56. The quantitative estimate of drug-likeness (QED) is 0.809. The lowest BCUT2D eigenvalue weighted by Gasteiger charge is -2.13. The number of halogens is 3. The van der Waals surface area contributed by atoms with Gasteiger partial charge in [0.15, 0.2) is 5.71 Å². The van der Waals surface area contributed by atoms with Crippen molar-refractivity contribution < 1.29 is 18.0 Å². The fraction of sp³-hybridized carbons (Fsp3) is 0.222. The van der Waals surface area contributed by atoms with Gasteiger partial charge >= 0.3 is 6.18 Å². The molecule has 0 saturated carbocycles. The molecule has 5 nitrogen and oxygen atoms in total. The average Bonchev–Trinajstić information content (AvgIpc) is 2.61. The summed E-state index contributed by atoms with van der Waals surface area (Å²) in [5.74, 6) is -0.768. The van der Waals surface area contributed by atoms with Crippen molar-refractivity contribution in [1.29, 1.82) is 0 Å². The summed E-state index contributed by atoms with van der Waals surface area (Å²) in [5, 5.41) is 3.89. The van der Waals surface area contributed by atoms with E-state index < -0.39 is 24.2 Å². The summed E-state index contributed by atoms with van der Waals surface area (Å²) in [5.41, 5.74) is 4.58. The highest BCUT2D eigenvalue weighted by Gasteiger charge is 2.43. The third kappa shape index (κ3) is 2.05. The monoisotopic (exact) mass is 244 g/mol. The van der Waals surface area contributed by atoms with Gasteiger partial charge in [0.25, 0.3) is 5.91 Å². The molecule has 90 valence electrons. The molecule has 0 aromatic carbocycles. The summed E-state index contributed by atoms with van der Waals surface area (Å²) in [6, 6.07) is 1.33. The number of nitrogen functional groups attached to an aromatic ring is 1. The number of carbonyl (C=O) groups is 1. The van der Waals surface area contributed by atoms with Crippen molar-refractivity contribution in [3.8, 4) is 0 Å². The number of anilines is 2. The number of hydrogen-bond acceptors (Lipinski definition) is 4. The Morgan fingerprint density at radius 2 is 2.12 bits per heavy atom. The maximum Gasteiger partial charge on any atom is 0.431 e. The van der Waals surface area contributed by atoms with Gasteiger partial charge in [0.1, 0.15) is 0 Å². The normalized spacial score (nSPS) is 16.3. The first-order chi connectivity index (χ1) is 7.89. The van der Waals surface area contributed by atoms with Crippen LogP contribution in [0.3, 0.4) is 0 Å². The molecule has 8 heteroatoms. The zero-order valence-corrected chi connectivity index (χ0v) is 8.40. The molecule has 2 rings (SSSR count). The Morgan fingerprint density at radius 1 is 1.41 bits per heavy atom. The van der Waals surface area contributed by atoms with Crippen LogP contribution in [0, 0.1) is 0 Å².